The van der Waals surface area contributed by atoms with Gasteiger partial charge in [-0.3, -0.25) is 9.59 Å². The highest BCUT2D eigenvalue weighted by Crippen LogP contribution is 2.10. The minimum Gasteiger partial charge on any atom is -0.351 e. The lowest BCUT2D eigenvalue weighted by atomic mass is 9.95. The van der Waals surface area contributed by atoms with Gasteiger partial charge in [-0.1, -0.05) is 13.0 Å². The Balaban J connectivity index is 1.74. The minimum absolute atomic E-state index is 0.0351. The van der Waals surface area contributed by atoms with E-state index in [2.05, 4.69) is 22.9 Å². The molecule has 0 aromatic carbocycles. The van der Waals surface area contributed by atoms with Crippen molar-refractivity contribution in [3.8, 4) is 0 Å². The highest BCUT2D eigenvalue weighted by atomic mass is 32.1. The lowest BCUT2D eigenvalue weighted by Gasteiger charge is -2.30. The fourth-order valence-electron chi connectivity index (χ4n) is 2.14. The first kappa shape index (κ1) is 14.0. The highest BCUT2D eigenvalue weighted by molar-refractivity contribution is 7.12. The normalized spacial score (nSPS) is 22.8. The summed E-state index contributed by atoms with van der Waals surface area (Å²) in [6, 6.07) is 3.76. The third kappa shape index (κ3) is 4.04. The van der Waals surface area contributed by atoms with Crippen molar-refractivity contribution >= 4 is 23.2 Å². The summed E-state index contributed by atoms with van der Waals surface area (Å²) < 4.78 is 0. The van der Waals surface area contributed by atoms with E-state index in [-0.39, 0.29) is 24.4 Å². The van der Waals surface area contributed by atoms with E-state index in [0.29, 0.717) is 10.8 Å². The van der Waals surface area contributed by atoms with E-state index in [1.54, 1.807) is 6.07 Å². The lowest BCUT2D eigenvalue weighted by molar-refractivity contribution is -0.121. The molecule has 1 aliphatic rings. The Morgan fingerprint density at radius 2 is 2.37 bits per heavy atom. The van der Waals surface area contributed by atoms with Crippen LogP contribution in [0, 0.1) is 5.92 Å². The summed E-state index contributed by atoms with van der Waals surface area (Å²) in [5.74, 6) is 0.109. The first-order valence-corrected chi connectivity index (χ1v) is 7.36. The molecule has 1 fully saturated rings. The largest absolute Gasteiger partial charge is 0.351 e. The zero-order chi connectivity index (χ0) is 13.7. The summed E-state index contributed by atoms with van der Waals surface area (Å²) in [4.78, 5) is 24.1. The molecule has 1 aliphatic heterocycles. The Hall–Kier alpha value is -1.40. The van der Waals surface area contributed by atoms with Gasteiger partial charge >= 0.3 is 0 Å². The Kier molecular flexibility index (Phi) is 4.93. The number of nitrogens with one attached hydrogen (secondary N) is 3. The number of piperidine rings is 1. The van der Waals surface area contributed by atoms with Crippen molar-refractivity contribution < 1.29 is 9.59 Å². The van der Waals surface area contributed by atoms with Gasteiger partial charge in [0.25, 0.3) is 5.91 Å². The fraction of sp³-hybridized carbons (Fsp3) is 0.538. The second-order valence-corrected chi connectivity index (χ2v) is 5.75. The van der Waals surface area contributed by atoms with E-state index in [1.165, 1.54) is 11.3 Å². The van der Waals surface area contributed by atoms with Gasteiger partial charge < -0.3 is 16.0 Å². The molecule has 0 bridgehead atoms. The van der Waals surface area contributed by atoms with Gasteiger partial charge in [-0.2, -0.15) is 0 Å². The van der Waals surface area contributed by atoms with Crippen LogP contribution in [0.3, 0.4) is 0 Å². The van der Waals surface area contributed by atoms with Crippen molar-refractivity contribution in [3.63, 3.8) is 0 Å². The Labute approximate surface area is 116 Å². The van der Waals surface area contributed by atoms with Crippen molar-refractivity contribution in [2.75, 3.05) is 19.6 Å². The van der Waals surface area contributed by atoms with Gasteiger partial charge in [0.1, 0.15) is 0 Å². The van der Waals surface area contributed by atoms with Crippen LogP contribution in [0.2, 0.25) is 0 Å². The molecule has 1 aromatic rings. The van der Waals surface area contributed by atoms with Crippen molar-refractivity contribution in [2.24, 2.45) is 5.92 Å². The minimum atomic E-state index is -0.191. The number of hydrogen-bond acceptors (Lipinski definition) is 4. The number of carbonyl (C=O) groups excluding carboxylic acids is 2. The molecule has 0 radical (unpaired) electrons. The molecule has 5 nitrogen and oxygen atoms in total. The van der Waals surface area contributed by atoms with Crippen molar-refractivity contribution in [3.05, 3.63) is 22.4 Å². The molecule has 2 unspecified atom stereocenters. The predicted molar refractivity (Wildman–Crippen MR) is 75.2 cm³/mol. The van der Waals surface area contributed by atoms with Crippen LogP contribution in [-0.4, -0.2) is 37.5 Å². The number of carbonyl (C=O) groups is 2. The zero-order valence-corrected chi connectivity index (χ0v) is 11.8. The first-order chi connectivity index (χ1) is 9.16. The van der Waals surface area contributed by atoms with Gasteiger partial charge in [-0.15, -0.1) is 11.3 Å². The second-order valence-electron chi connectivity index (χ2n) is 4.80. The third-order valence-electron chi connectivity index (χ3n) is 3.29. The van der Waals surface area contributed by atoms with Crippen LogP contribution in [0.25, 0.3) is 0 Å². The maximum atomic E-state index is 11.8. The summed E-state index contributed by atoms with van der Waals surface area (Å²) in [5.41, 5.74) is 0. The van der Waals surface area contributed by atoms with Crippen molar-refractivity contribution in [2.45, 2.75) is 19.4 Å². The van der Waals surface area contributed by atoms with Crippen LogP contribution in [0.1, 0.15) is 23.0 Å². The summed E-state index contributed by atoms with van der Waals surface area (Å²) in [7, 11) is 0. The monoisotopic (exact) mass is 281 g/mol. The van der Waals surface area contributed by atoms with Gasteiger partial charge in [0.2, 0.25) is 5.91 Å². The SMILES string of the molecule is CC1CNCCC1NC(=O)CNC(=O)c1cccs1. The lowest BCUT2D eigenvalue weighted by Crippen LogP contribution is -2.50. The standard InChI is InChI=1S/C13H19N3O2S/c1-9-7-14-5-4-10(9)16-12(17)8-15-13(18)11-3-2-6-19-11/h2-3,6,9-10,14H,4-5,7-8H2,1H3,(H,15,18)(H,16,17). The maximum absolute atomic E-state index is 11.8. The highest BCUT2D eigenvalue weighted by Gasteiger charge is 2.22. The quantitative estimate of drug-likeness (QED) is 0.756. The molecule has 2 amide bonds. The first-order valence-electron chi connectivity index (χ1n) is 6.48. The smallest absolute Gasteiger partial charge is 0.261 e. The van der Waals surface area contributed by atoms with Crippen LogP contribution in [0.15, 0.2) is 17.5 Å². The van der Waals surface area contributed by atoms with E-state index in [4.69, 9.17) is 0 Å². The number of hydrogen-bond donors (Lipinski definition) is 3. The number of thiophene rings is 1. The molecule has 2 heterocycles. The zero-order valence-electron chi connectivity index (χ0n) is 10.9. The number of rotatable bonds is 4. The van der Waals surface area contributed by atoms with Crippen molar-refractivity contribution in [1.29, 1.82) is 0 Å². The Morgan fingerprint density at radius 1 is 1.53 bits per heavy atom. The van der Waals surface area contributed by atoms with E-state index in [0.717, 1.165) is 19.5 Å². The molecule has 1 aromatic heterocycles. The van der Waals surface area contributed by atoms with Gasteiger partial charge in [0.05, 0.1) is 11.4 Å². The summed E-state index contributed by atoms with van der Waals surface area (Å²) in [6.07, 6.45) is 0.936. The van der Waals surface area contributed by atoms with Crippen LogP contribution >= 0.6 is 11.3 Å². The van der Waals surface area contributed by atoms with Gasteiger partial charge in [0.15, 0.2) is 0 Å². The molecule has 1 saturated heterocycles. The van der Waals surface area contributed by atoms with E-state index in [1.807, 2.05) is 11.4 Å². The molecule has 6 heteroatoms. The number of amides is 2. The molecular formula is C13H19N3O2S. The molecule has 2 rings (SSSR count). The maximum Gasteiger partial charge on any atom is 0.261 e. The summed E-state index contributed by atoms with van der Waals surface area (Å²) in [5, 5.41) is 10.7. The molecule has 3 N–H and O–H groups in total. The molecule has 2 atom stereocenters. The van der Waals surface area contributed by atoms with Gasteiger partial charge in [-0.05, 0) is 36.9 Å². The Bertz CT molecular complexity index is 433. The van der Waals surface area contributed by atoms with E-state index < -0.39 is 0 Å². The predicted octanol–water partition coefficient (Wildman–Crippen LogP) is 0.592. The fourth-order valence-corrected chi connectivity index (χ4v) is 2.78. The molecule has 19 heavy (non-hydrogen) atoms. The van der Waals surface area contributed by atoms with Crippen LogP contribution in [0.4, 0.5) is 0 Å². The topological polar surface area (TPSA) is 70.2 Å². The molecule has 0 saturated carbocycles. The molecular weight excluding hydrogens is 262 g/mol. The third-order valence-corrected chi connectivity index (χ3v) is 4.15. The van der Waals surface area contributed by atoms with Crippen molar-refractivity contribution in [1.82, 2.24) is 16.0 Å². The van der Waals surface area contributed by atoms with Crippen LogP contribution < -0.4 is 16.0 Å². The van der Waals surface area contributed by atoms with E-state index in [9.17, 15) is 9.59 Å². The second kappa shape index (κ2) is 6.68. The average Bonchev–Trinajstić information content (AvgIpc) is 2.93. The molecule has 0 spiro atoms. The van der Waals surface area contributed by atoms with Crippen LogP contribution in [0.5, 0.6) is 0 Å². The summed E-state index contributed by atoms with van der Waals surface area (Å²) in [6.45, 7) is 4.00. The van der Waals surface area contributed by atoms with Crippen LogP contribution in [-0.2, 0) is 4.79 Å². The summed E-state index contributed by atoms with van der Waals surface area (Å²) >= 11 is 1.37. The molecule has 0 aliphatic carbocycles. The van der Waals surface area contributed by atoms with Gasteiger partial charge in [-0.25, -0.2) is 0 Å². The van der Waals surface area contributed by atoms with E-state index >= 15 is 0 Å². The molecule has 104 valence electrons. The Morgan fingerprint density at radius 3 is 3.05 bits per heavy atom. The average molecular weight is 281 g/mol. The van der Waals surface area contributed by atoms with Gasteiger partial charge in [0, 0.05) is 6.04 Å².